The van der Waals surface area contributed by atoms with Crippen LogP contribution in [-0.4, -0.2) is 55.6 Å². The van der Waals surface area contributed by atoms with Gasteiger partial charge < -0.3 is 4.74 Å². The van der Waals surface area contributed by atoms with Crippen molar-refractivity contribution in [1.29, 1.82) is 0 Å². The molecule has 5 rings (SSSR count). The SMILES string of the molecule is CCCCCn1nc(-c2cccc(CN3CCOCC3)c2)nc1-c1csc2nnsc12. The second-order valence-electron chi connectivity index (χ2n) is 7.83. The predicted octanol–water partition coefficient (Wildman–Crippen LogP) is 4.70. The van der Waals surface area contributed by atoms with Crippen molar-refractivity contribution in [1.82, 2.24) is 29.3 Å². The van der Waals surface area contributed by atoms with E-state index in [9.17, 15) is 0 Å². The third-order valence-electron chi connectivity index (χ3n) is 5.57. The largest absolute Gasteiger partial charge is 0.379 e. The molecular formula is C22H26N6OS2. The second-order valence-corrected chi connectivity index (χ2v) is 9.45. The van der Waals surface area contributed by atoms with Crippen LogP contribution in [0.25, 0.3) is 32.3 Å². The fourth-order valence-corrected chi connectivity index (χ4v) is 5.62. The average molecular weight is 455 g/mol. The van der Waals surface area contributed by atoms with Crippen LogP contribution in [0.2, 0.25) is 0 Å². The molecule has 1 aliphatic rings. The van der Waals surface area contributed by atoms with Crippen LogP contribution in [0.1, 0.15) is 31.7 Å². The number of nitrogens with zero attached hydrogens (tertiary/aromatic N) is 6. The van der Waals surface area contributed by atoms with E-state index in [1.54, 1.807) is 11.3 Å². The first kappa shape index (κ1) is 20.7. The molecule has 162 valence electrons. The lowest BCUT2D eigenvalue weighted by molar-refractivity contribution is 0.0342. The first-order valence-corrected chi connectivity index (χ1v) is 12.5. The molecule has 1 aliphatic heterocycles. The Labute approximate surface area is 189 Å². The summed E-state index contributed by atoms with van der Waals surface area (Å²) in [6.07, 6.45) is 3.46. The maximum atomic E-state index is 5.48. The summed E-state index contributed by atoms with van der Waals surface area (Å²) in [5, 5.41) is 11.3. The fraction of sp³-hybridized carbons (Fsp3) is 0.455. The van der Waals surface area contributed by atoms with Crippen molar-refractivity contribution >= 4 is 32.4 Å². The molecule has 1 saturated heterocycles. The molecule has 0 unspecified atom stereocenters. The Hall–Kier alpha value is -2.20. The minimum atomic E-state index is 0.784. The van der Waals surface area contributed by atoms with Gasteiger partial charge in [0.15, 0.2) is 16.5 Å². The van der Waals surface area contributed by atoms with E-state index in [4.69, 9.17) is 14.8 Å². The highest BCUT2D eigenvalue weighted by Gasteiger charge is 2.19. The number of hydrogen-bond acceptors (Lipinski definition) is 8. The number of fused-ring (bicyclic) bond motifs is 1. The van der Waals surface area contributed by atoms with Crippen molar-refractivity contribution in [2.45, 2.75) is 39.3 Å². The van der Waals surface area contributed by atoms with Crippen LogP contribution in [0, 0.1) is 0 Å². The molecule has 7 nitrogen and oxygen atoms in total. The molecule has 0 spiro atoms. The van der Waals surface area contributed by atoms with Gasteiger partial charge in [0.25, 0.3) is 0 Å². The van der Waals surface area contributed by atoms with Crippen LogP contribution < -0.4 is 0 Å². The first-order valence-electron chi connectivity index (χ1n) is 10.9. The lowest BCUT2D eigenvalue weighted by atomic mass is 10.1. The molecule has 31 heavy (non-hydrogen) atoms. The van der Waals surface area contributed by atoms with E-state index < -0.39 is 0 Å². The van der Waals surface area contributed by atoms with E-state index >= 15 is 0 Å². The van der Waals surface area contributed by atoms with Crippen LogP contribution in [0.15, 0.2) is 29.6 Å². The molecule has 1 fully saturated rings. The molecule has 0 atom stereocenters. The Bertz CT molecular complexity index is 1140. The van der Waals surface area contributed by atoms with Gasteiger partial charge in [0, 0.05) is 37.1 Å². The highest BCUT2D eigenvalue weighted by atomic mass is 32.1. The topological polar surface area (TPSA) is 69.0 Å². The predicted molar refractivity (Wildman–Crippen MR) is 125 cm³/mol. The maximum absolute atomic E-state index is 5.48. The molecule has 0 amide bonds. The average Bonchev–Trinajstić information content (AvgIpc) is 3.51. The molecule has 0 radical (unpaired) electrons. The standard InChI is InChI=1S/C22H26N6OS2/c1-2-3-4-8-28-21(18-15-30-22-19(18)31-26-24-22)23-20(25-28)17-7-5-6-16(13-17)14-27-9-11-29-12-10-27/h5-7,13,15H,2-4,8-12,14H2,1H3. The number of unbranched alkanes of at least 4 members (excludes halogenated alkanes) is 2. The van der Waals surface area contributed by atoms with Gasteiger partial charge in [-0.3, -0.25) is 4.90 Å². The van der Waals surface area contributed by atoms with Crippen molar-refractivity contribution < 1.29 is 4.74 Å². The van der Waals surface area contributed by atoms with Crippen LogP contribution in [0.4, 0.5) is 0 Å². The van der Waals surface area contributed by atoms with Gasteiger partial charge in [-0.2, -0.15) is 5.10 Å². The van der Waals surface area contributed by atoms with Gasteiger partial charge in [-0.05, 0) is 29.6 Å². The Balaban J connectivity index is 1.46. The molecule has 4 heterocycles. The van der Waals surface area contributed by atoms with Crippen LogP contribution in [0.3, 0.4) is 0 Å². The van der Waals surface area contributed by atoms with E-state index in [2.05, 4.69) is 55.7 Å². The summed E-state index contributed by atoms with van der Waals surface area (Å²) in [7, 11) is 0. The zero-order valence-electron chi connectivity index (χ0n) is 17.7. The highest BCUT2D eigenvalue weighted by Crippen LogP contribution is 2.35. The van der Waals surface area contributed by atoms with Gasteiger partial charge in [-0.15, -0.1) is 16.4 Å². The number of rotatable bonds is 8. The van der Waals surface area contributed by atoms with E-state index in [0.29, 0.717) is 0 Å². The smallest absolute Gasteiger partial charge is 0.181 e. The number of benzene rings is 1. The minimum absolute atomic E-state index is 0.784. The first-order chi connectivity index (χ1) is 15.3. The van der Waals surface area contributed by atoms with Crippen molar-refractivity contribution in [3.8, 4) is 22.8 Å². The minimum Gasteiger partial charge on any atom is -0.379 e. The summed E-state index contributed by atoms with van der Waals surface area (Å²) in [6, 6.07) is 8.63. The van der Waals surface area contributed by atoms with Gasteiger partial charge in [0.05, 0.1) is 23.5 Å². The number of thiophene rings is 1. The lowest BCUT2D eigenvalue weighted by Crippen LogP contribution is -2.35. The summed E-state index contributed by atoms with van der Waals surface area (Å²) in [6.45, 7) is 7.61. The third kappa shape index (κ3) is 4.55. The van der Waals surface area contributed by atoms with E-state index in [1.165, 1.54) is 29.9 Å². The molecule has 0 bridgehead atoms. The zero-order chi connectivity index (χ0) is 21.0. The Kier molecular flexibility index (Phi) is 6.35. The molecule has 1 aromatic carbocycles. The monoisotopic (exact) mass is 454 g/mol. The lowest BCUT2D eigenvalue weighted by Gasteiger charge is -2.26. The Morgan fingerprint density at radius 2 is 2.06 bits per heavy atom. The Morgan fingerprint density at radius 3 is 2.94 bits per heavy atom. The van der Waals surface area contributed by atoms with Crippen molar-refractivity contribution in [3.05, 3.63) is 35.2 Å². The molecule has 0 N–H and O–H groups in total. The summed E-state index contributed by atoms with van der Waals surface area (Å²) >= 11 is 3.05. The summed E-state index contributed by atoms with van der Waals surface area (Å²) in [5.41, 5.74) is 3.44. The summed E-state index contributed by atoms with van der Waals surface area (Å²) < 4.78 is 12.8. The van der Waals surface area contributed by atoms with E-state index in [1.807, 2.05) is 0 Å². The van der Waals surface area contributed by atoms with Gasteiger partial charge in [0.2, 0.25) is 0 Å². The third-order valence-corrected chi connectivity index (χ3v) is 7.32. The molecule has 0 saturated carbocycles. The van der Waals surface area contributed by atoms with Gasteiger partial charge in [0.1, 0.15) is 0 Å². The van der Waals surface area contributed by atoms with E-state index in [-0.39, 0.29) is 0 Å². The highest BCUT2D eigenvalue weighted by molar-refractivity contribution is 7.24. The van der Waals surface area contributed by atoms with Gasteiger partial charge in [-0.25, -0.2) is 9.67 Å². The second kappa shape index (κ2) is 9.52. The zero-order valence-corrected chi connectivity index (χ0v) is 19.3. The van der Waals surface area contributed by atoms with Crippen LogP contribution in [-0.2, 0) is 17.8 Å². The molecule has 9 heteroatoms. The van der Waals surface area contributed by atoms with Crippen LogP contribution >= 0.6 is 22.9 Å². The Morgan fingerprint density at radius 1 is 1.16 bits per heavy atom. The number of hydrogen-bond donors (Lipinski definition) is 0. The number of morpholine rings is 1. The van der Waals surface area contributed by atoms with Crippen molar-refractivity contribution in [2.75, 3.05) is 26.3 Å². The normalized spacial score (nSPS) is 15.1. The summed E-state index contributed by atoms with van der Waals surface area (Å²) in [4.78, 5) is 8.40. The van der Waals surface area contributed by atoms with Crippen LogP contribution in [0.5, 0.6) is 0 Å². The molecule has 0 aliphatic carbocycles. The number of aryl methyl sites for hydroxylation is 1. The van der Waals surface area contributed by atoms with Gasteiger partial charge >= 0.3 is 0 Å². The van der Waals surface area contributed by atoms with Crippen molar-refractivity contribution in [2.24, 2.45) is 0 Å². The molecule has 3 aromatic heterocycles. The van der Waals surface area contributed by atoms with E-state index in [0.717, 1.165) is 78.1 Å². The molecular weight excluding hydrogens is 428 g/mol. The maximum Gasteiger partial charge on any atom is 0.181 e. The fourth-order valence-electron chi connectivity index (χ4n) is 3.90. The number of ether oxygens (including phenoxy) is 1. The van der Waals surface area contributed by atoms with Crippen molar-refractivity contribution in [3.63, 3.8) is 0 Å². The quantitative estimate of drug-likeness (QED) is 0.360. The molecule has 4 aromatic rings. The summed E-state index contributed by atoms with van der Waals surface area (Å²) in [5.74, 6) is 1.70. The van der Waals surface area contributed by atoms with Gasteiger partial charge in [-0.1, -0.05) is 42.5 Å². The number of aromatic nitrogens is 5.